The Kier molecular flexibility index (Phi) is 4.92. The molecule has 21 heavy (non-hydrogen) atoms. The molecule has 0 radical (unpaired) electrons. The maximum Gasteiger partial charge on any atom is 0.0855 e. The fourth-order valence-electron chi connectivity index (χ4n) is 2.87. The third kappa shape index (κ3) is 2.89. The predicted molar refractivity (Wildman–Crippen MR) is 84.7 cm³/mol. The number of benzene rings is 2. The van der Waals surface area contributed by atoms with Crippen LogP contribution in [-0.2, 0) is 5.41 Å². The summed E-state index contributed by atoms with van der Waals surface area (Å²) in [7, 11) is 0. The number of hydrogen-bond donors (Lipinski definition) is 1. The summed E-state index contributed by atoms with van der Waals surface area (Å²) in [6.07, 6.45) is 1.71. The monoisotopic (exact) mass is 277 g/mol. The molecule has 2 rings (SSSR count). The second kappa shape index (κ2) is 6.88. The van der Waals surface area contributed by atoms with Gasteiger partial charge in [0.15, 0.2) is 0 Å². The van der Waals surface area contributed by atoms with E-state index in [4.69, 9.17) is 5.26 Å². The molecule has 1 atom stereocenters. The van der Waals surface area contributed by atoms with E-state index in [1.165, 1.54) is 0 Å². The minimum absolute atomic E-state index is 0.370. The number of aliphatic hydroxyl groups excluding tert-OH is 1. The molecule has 0 aliphatic heterocycles. The minimum atomic E-state index is -0.754. The Morgan fingerprint density at radius 1 is 1.05 bits per heavy atom. The fraction of sp³-hybridized carbons (Fsp3) is 0.211. The molecule has 0 saturated carbocycles. The highest BCUT2D eigenvalue weighted by Crippen LogP contribution is 2.40. The van der Waals surface area contributed by atoms with Crippen molar-refractivity contribution >= 4 is 0 Å². The Morgan fingerprint density at radius 3 is 1.90 bits per heavy atom. The summed E-state index contributed by atoms with van der Waals surface area (Å²) in [5.41, 5.74) is 1.36. The van der Waals surface area contributed by atoms with Gasteiger partial charge in [-0.2, -0.15) is 5.26 Å². The van der Waals surface area contributed by atoms with E-state index in [-0.39, 0.29) is 0 Å². The smallest absolute Gasteiger partial charge is 0.0855 e. The standard InChI is InChI=1S/C19H19NO/c1-2-18(21)19(14-9-15-20,16-10-5-3-6-11-16)17-12-7-4-8-13-17/h2-8,10-13,18,21H,1,9,14H2. The van der Waals surface area contributed by atoms with E-state index in [1.807, 2.05) is 60.7 Å². The lowest BCUT2D eigenvalue weighted by atomic mass is 9.67. The second-order valence-electron chi connectivity index (χ2n) is 5.04. The third-order valence-electron chi connectivity index (χ3n) is 3.94. The maximum absolute atomic E-state index is 10.7. The zero-order valence-electron chi connectivity index (χ0n) is 11.9. The average Bonchev–Trinajstić information content (AvgIpc) is 2.57. The van der Waals surface area contributed by atoms with Crippen molar-refractivity contribution in [1.29, 1.82) is 5.26 Å². The van der Waals surface area contributed by atoms with Crippen LogP contribution in [0.15, 0.2) is 73.3 Å². The van der Waals surface area contributed by atoms with E-state index in [0.29, 0.717) is 12.8 Å². The van der Waals surface area contributed by atoms with Crippen molar-refractivity contribution in [2.24, 2.45) is 0 Å². The highest BCUT2D eigenvalue weighted by molar-refractivity contribution is 5.42. The van der Waals surface area contributed by atoms with Gasteiger partial charge in [0, 0.05) is 6.42 Å². The fourth-order valence-corrected chi connectivity index (χ4v) is 2.87. The first-order valence-corrected chi connectivity index (χ1v) is 7.04. The summed E-state index contributed by atoms with van der Waals surface area (Å²) in [6.45, 7) is 3.75. The second-order valence-corrected chi connectivity index (χ2v) is 5.04. The van der Waals surface area contributed by atoms with Crippen LogP contribution in [0.5, 0.6) is 0 Å². The molecule has 0 aromatic heterocycles. The van der Waals surface area contributed by atoms with Crippen molar-refractivity contribution in [2.75, 3.05) is 0 Å². The quantitative estimate of drug-likeness (QED) is 0.816. The maximum atomic E-state index is 10.7. The van der Waals surface area contributed by atoms with Crippen molar-refractivity contribution in [3.8, 4) is 6.07 Å². The first-order valence-electron chi connectivity index (χ1n) is 7.04. The van der Waals surface area contributed by atoms with Gasteiger partial charge in [-0.3, -0.25) is 0 Å². The van der Waals surface area contributed by atoms with Crippen molar-refractivity contribution in [1.82, 2.24) is 0 Å². The van der Waals surface area contributed by atoms with Crippen LogP contribution in [0.25, 0.3) is 0 Å². The van der Waals surface area contributed by atoms with Crippen molar-refractivity contribution in [3.05, 3.63) is 84.4 Å². The zero-order chi connectivity index (χ0) is 15.1. The Hall–Kier alpha value is -2.37. The van der Waals surface area contributed by atoms with E-state index in [2.05, 4.69) is 12.6 Å². The summed E-state index contributed by atoms with van der Waals surface area (Å²) in [4.78, 5) is 0. The van der Waals surface area contributed by atoms with Gasteiger partial charge in [-0.1, -0.05) is 66.7 Å². The molecule has 2 heteroatoms. The van der Waals surface area contributed by atoms with Crippen LogP contribution in [0.1, 0.15) is 24.0 Å². The van der Waals surface area contributed by atoms with Gasteiger partial charge in [-0.25, -0.2) is 0 Å². The number of nitriles is 1. The molecular weight excluding hydrogens is 258 g/mol. The molecule has 0 aliphatic carbocycles. The van der Waals surface area contributed by atoms with Gasteiger partial charge in [-0.15, -0.1) is 6.58 Å². The normalized spacial score (nSPS) is 12.4. The van der Waals surface area contributed by atoms with E-state index < -0.39 is 11.5 Å². The van der Waals surface area contributed by atoms with Crippen molar-refractivity contribution < 1.29 is 5.11 Å². The molecule has 2 aromatic rings. The van der Waals surface area contributed by atoms with Crippen LogP contribution < -0.4 is 0 Å². The highest BCUT2D eigenvalue weighted by Gasteiger charge is 2.39. The third-order valence-corrected chi connectivity index (χ3v) is 3.94. The molecule has 2 aromatic carbocycles. The lowest BCUT2D eigenvalue weighted by Crippen LogP contribution is -2.39. The predicted octanol–water partition coefficient (Wildman–Crippen LogP) is 3.82. The van der Waals surface area contributed by atoms with Gasteiger partial charge in [0.25, 0.3) is 0 Å². The van der Waals surface area contributed by atoms with Crippen LogP contribution in [0, 0.1) is 11.3 Å². The molecule has 0 aliphatic rings. The van der Waals surface area contributed by atoms with Gasteiger partial charge in [0.1, 0.15) is 0 Å². The van der Waals surface area contributed by atoms with E-state index in [0.717, 1.165) is 11.1 Å². The molecule has 1 unspecified atom stereocenters. The van der Waals surface area contributed by atoms with Gasteiger partial charge >= 0.3 is 0 Å². The summed E-state index contributed by atoms with van der Waals surface area (Å²) in [5, 5.41) is 19.7. The first kappa shape index (κ1) is 15.0. The Bertz CT molecular complexity index is 574. The van der Waals surface area contributed by atoms with Gasteiger partial charge < -0.3 is 5.11 Å². The SMILES string of the molecule is C=CC(O)C(CCC#N)(c1ccccc1)c1ccccc1. The van der Waals surface area contributed by atoms with Gasteiger partial charge in [-0.05, 0) is 17.5 Å². The van der Waals surface area contributed by atoms with Crippen molar-refractivity contribution in [3.63, 3.8) is 0 Å². The number of aliphatic hydroxyl groups is 1. The Balaban J connectivity index is 2.65. The van der Waals surface area contributed by atoms with Crippen LogP contribution >= 0.6 is 0 Å². The molecule has 0 amide bonds. The summed E-state index contributed by atoms with van der Waals surface area (Å²) in [6, 6.07) is 21.9. The topological polar surface area (TPSA) is 44.0 Å². The first-order chi connectivity index (χ1) is 10.3. The van der Waals surface area contributed by atoms with Crippen LogP contribution in [0.2, 0.25) is 0 Å². The highest BCUT2D eigenvalue weighted by atomic mass is 16.3. The van der Waals surface area contributed by atoms with Crippen LogP contribution in [0.4, 0.5) is 0 Å². The summed E-state index contributed by atoms with van der Waals surface area (Å²) < 4.78 is 0. The molecule has 0 heterocycles. The molecule has 0 spiro atoms. The lowest BCUT2D eigenvalue weighted by Gasteiger charge is -2.37. The van der Waals surface area contributed by atoms with E-state index in [1.54, 1.807) is 6.08 Å². The molecule has 0 fully saturated rings. The Labute approximate surface area is 126 Å². The largest absolute Gasteiger partial charge is 0.388 e. The molecule has 2 nitrogen and oxygen atoms in total. The molecular formula is C19H19NO. The Morgan fingerprint density at radius 2 is 1.52 bits per heavy atom. The van der Waals surface area contributed by atoms with Gasteiger partial charge in [0.2, 0.25) is 0 Å². The van der Waals surface area contributed by atoms with Crippen molar-refractivity contribution in [2.45, 2.75) is 24.4 Å². The molecule has 1 N–H and O–H groups in total. The zero-order valence-corrected chi connectivity index (χ0v) is 11.9. The van der Waals surface area contributed by atoms with Gasteiger partial charge in [0.05, 0.1) is 17.6 Å². The lowest BCUT2D eigenvalue weighted by molar-refractivity contribution is 0.141. The van der Waals surface area contributed by atoms with E-state index >= 15 is 0 Å². The minimum Gasteiger partial charge on any atom is -0.388 e. The summed E-state index contributed by atoms with van der Waals surface area (Å²) in [5.74, 6) is 0. The summed E-state index contributed by atoms with van der Waals surface area (Å²) >= 11 is 0. The van der Waals surface area contributed by atoms with Crippen LogP contribution in [-0.4, -0.2) is 11.2 Å². The average molecular weight is 277 g/mol. The van der Waals surface area contributed by atoms with E-state index in [9.17, 15) is 5.11 Å². The molecule has 0 saturated heterocycles. The molecule has 0 bridgehead atoms. The van der Waals surface area contributed by atoms with Crippen LogP contribution in [0.3, 0.4) is 0 Å². The number of rotatable bonds is 6. The number of nitrogens with zero attached hydrogens (tertiary/aromatic N) is 1. The number of hydrogen-bond acceptors (Lipinski definition) is 2. The molecule has 106 valence electrons.